The van der Waals surface area contributed by atoms with E-state index < -0.39 is 6.10 Å². The average Bonchev–Trinajstić information content (AvgIpc) is 2.46. The smallest absolute Gasteiger partial charge is 0.263 e. The van der Waals surface area contributed by atoms with Crippen molar-refractivity contribution in [3.63, 3.8) is 0 Å². The lowest BCUT2D eigenvalue weighted by Crippen LogP contribution is -2.51. The first-order chi connectivity index (χ1) is 10.4. The molecule has 0 aliphatic carbocycles. The molecule has 2 rings (SSSR count). The average molecular weight is 304 g/mol. The van der Waals surface area contributed by atoms with Gasteiger partial charge in [0.2, 0.25) is 0 Å². The van der Waals surface area contributed by atoms with Crippen LogP contribution in [0.25, 0.3) is 0 Å². The van der Waals surface area contributed by atoms with Gasteiger partial charge in [0.15, 0.2) is 6.10 Å². The zero-order chi connectivity index (χ0) is 16.3. The van der Waals surface area contributed by atoms with Crippen molar-refractivity contribution >= 4 is 5.91 Å². The number of ether oxygens (including phenoxy) is 1. The number of amides is 1. The van der Waals surface area contributed by atoms with E-state index in [1.807, 2.05) is 30.0 Å². The molecule has 0 saturated carbocycles. The van der Waals surface area contributed by atoms with Crippen LogP contribution in [0.2, 0.25) is 0 Å². The number of piperidine rings is 1. The van der Waals surface area contributed by atoms with Crippen LogP contribution in [0.1, 0.15) is 52.0 Å². The summed E-state index contributed by atoms with van der Waals surface area (Å²) in [6, 6.07) is 8.37. The van der Waals surface area contributed by atoms with Crippen LogP contribution in [-0.4, -0.2) is 35.5 Å². The lowest BCUT2D eigenvalue weighted by molar-refractivity contribution is -0.141. The molecule has 1 fully saturated rings. The van der Waals surface area contributed by atoms with E-state index in [9.17, 15) is 4.79 Å². The first kappa shape index (κ1) is 16.8. The van der Waals surface area contributed by atoms with Crippen molar-refractivity contribution in [2.75, 3.05) is 6.54 Å². The Kier molecular flexibility index (Phi) is 5.46. The van der Waals surface area contributed by atoms with E-state index in [0.717, 1.165) is 25.1 Å². The maximum absolute atomic E-state index is 12.6. The van der Waals surface area contributed by atoms with E-state index in [1.54, 1.807) is 0 Å². The minimum Gasteiger partial charge on any atom is -0.481 e. The van der Waals surface area contributed by atoms with E-state index in [-0.39, 0.29) is 18.0 Å². The monoisotopic (exact) mass is 304 g/mol. The van der Waals surface area contributed by atoms with Gasteiger partial charge in [-0.3, -0.25) is 4.79 Å². The normalized spacial score (nSPS) is 23.5. The molecule has 1 aliphatic rings. The van der Waals surface area contributed by atoms with Crippen molar-refractivity contribution in [2.24, 2.45) is 5.73 Å². The van der Waals surface area contributed by atoms with Gasteiger partial charge in [0.25, 0.3) is 5.91 Å². The van der Waals surface area contributed by atoms with Crippen LogP contribution in [0.15, 0.2) is 24.3 Å². The largest absolute Gasteiger partial charge is 0.481 e. The summed E-state index contributed by atoms with van der Waals surface area (Å²) in [5, 5.41) is 0. The van der Waals surface area contributed by atoms with Gasteiger partial charge in [0.05, 0.1) is 0 Å². The molecule has 1 aliphatic heterocycles. The second kappa shape index (κ2) is 7.14. The SMILES string of the molecule is CC(C)c1cccc(O[C@@H](C)C(=O)N2CC[C@@H](N)C[C@@H]2C)c1. The maximum atomic E-state index is 12.6. The van der Waals surface area contributed by atoms with Gasteiger partial charge >= 0.3 is 0 Å². The van der Waals surface area contributed by atoms with Gasteiger partial charge in [0.1, 0.15) is 5.75 Å². The molecular weight excluding hydrogens is 276 g/mol. The molecule has 4 heteroatoms. The predicted octanol–water partition coefficient (Wildman–Crippen LogP) is 2.92. The van der Waals surface area contributed by atoms with Crippen LogP contribution in [0.4, 0.5) is 0 Å². The second-order valence-corrected chi connectivity index (χ2v) is 6.65. The third-order valence-corrected chi connectivity index (χ3v) is 4.39. The number of likely N-dealkylation sites (tertiary alicyclic amines) is 1. The molecule has 1 heterocycles. The number of nitrogens with two attached hydrogens (primary N) is 1. The van der Waals surface area contributed by atoms with Crippen LogP contribution in [0.3, 0.4) is 0 Å². The third-order valence-electron chi connectivity index (χ3n) is 4.39. The predicted molar refractivity (Wildman–Crippen MR) is 89.0 cm³/mol. The van der Waals surface area contributed by atoms with E-state index in [1.165, 1.54) is 5.56 Å². The van der Waals surface area contributed by atoms with Crippen molar-refractivity contribution in [1.82, 2.24) is 4.90 Å². The van der Waals surface area contributed by atoms with E-state index in [2.05, 4.69) is 26.8 Å². The van der Waals surface area contributed by atoms with Crippen molar-refractivity contribution in [1.29, 1.82) is 0 Å². The molecular formula is C18H28N2O2. The summed E-state index contributed by atoms with van der Waals surface area (Å²) >= 11 is 0. The van der Waals surface area contributed by atoms with Crippen LogP contribution in [0.5, 0.6) is 5.75 Å². The van der Waals surface area contributed by atoms with Gasteiger partial charge in [-0.25, -0.2) is 0 Å². The Balaban J connectivity index is 2.01. The Hall–Kier alpha value is -1.55. The van der Waals surface area contributed by atoms with Crippen molar-refractivity contribution in [2.45, 2.75) is 64.6 Å². The summed E-state index contributed by atoms with van der Waals surface area (Å²) in [4.78, 5) is 14.5. The maximum Gasteiger partial charge on any atom is 0.263 e. The van der Waals surface area contributed by atoms with Gasteiger partial charge < -0.3 is 15.4 Å². The number of carbonyl (C=O) groups is 1. The number of hydrogen-bond acceptors (Lipinski definition) is 3. The molecule has 122 valence electrons. The minimum absolute atomic E-state index is 0.0503. The standard InChI is InChI=1S/C18H28N2O2/c1-12(2)15-6-5-7-17(11-15)22-14(4)18(21)20-9-8-16(19)10-13(20)3/h5-7,11-14,16H,8-10,19H2,1-4H3/t13-,14-,16+/m0/s1. The van der Waals surface area contributed by atoms with Gasteiger partial charge in [-0.05, 0) is 50.3 Å². The summed E-state index contributed by atoms with van der Waals surface area (Å²) in [7, 11) is 0. The van der Waals surface area contributed by atoms with Gasteiger partial charge in [-0.15, -0.1) is 0 Å². The fraction of sp³-hybridized carbons (Fsp3) is 0.611. The summed E-state index contributed by atoms with van der Waals surface area (Å²) in [5.74, 6) is 1.25. The van der Waals surface area contributed by atoms with Gasteiger partial charge in [-0.2, -0.15) is 0 Å². The molecule has 4 nitrogen and oxygen atoms in total. The van der Waals surface area contributed by atoms with Gasteiger partial charge in [-0.1, -0.05) is 26.0 Å². The lowest BCUT2D eigenvalue weighted by Gasteiger charge is -2.37. The number of hydrogen-bond donors (Lipinski definition) is 1. The van der Waals surface area contributed by atoms with Crippen LogP contribution in [0, 0.1) is 0 Å². The number of rotatable bonds is 4. The van der Waals surface area contributed by atoms with Gasteiger partial charge in [0, 0.05) is 18.6 Å². The van der Waals surface area contributed by atoms with Crippen molar-refractivity contribution in [3.05, 3.63) is 29.8 Å². The molecule has 1 amide bonds. The first-order valence-corrected chi connectivity index (χ1v) is 8.21. The molecule has 22 heavy (non-hydrogen) atoms. The molecule has 0 spiro atoms. The Morgan fingerprint density at radius 3 is 2.73 bits per heavy atom. The first-order valence-electron chi connectivity index (χ1n) is 8.21. The minimum atomic E-state index is -0.473. The summed E-state index contributed by atoms with van der Waals surface area (Å²) in [6.45, 7) is 8.90. The van der Waals surface area contributed by atoms with Crippen LogP contribution in [-0.2, 0) is 4.79 Å². The third kappa shape index (κ3) is 4.01. The zero-order valence-corrected chi connectivity index (χ0v) is 14.1. The van der Waals surface area contributed by atoms with E-state index in [0.29, 0.717) is 5.92 Å². The molecule has 1 aromatic carbocycles. The molecule has 1 saturated heterocycles. The van der Waals surface area contributed by atoms with Crippen molar-refractivity contribution in [3.8, 4) is 5.75 Å². The van der Waals surface area contributed by atoms with E-state index >= 15 is 0 Å². The Morgan fingerprint density at radius 1 is 1.36 bits per heavy atom. The fourth-order valence-electron chi connectivity index (χ4n) is 2.97. The highest BCUT2D eigenvalue weighted by Gasteiger charge is 2.30. The highest BCUT2D eigenvalue weighted by Crippen LogP contribution is 2.22. The molecule has 2 N–H and O–H groups in total. The molecule has 0 bridgehead atoms. The summed E-state index contributed by atoms with van der Waals surface area (Å²) < 4.78 is 5.87. The fourth-order valence-corrected chi connectivity index (χ4v) is 2.97. The zero-order valence-electron chi connectivity index (χ0n) is 14.1. The number of benzene rings is 1. The highest BCUT2D eigenvalue weighted by atomic mass is 16.5. The molecule has 1 aromatic rings. The highest BCUT2D eigenvalue weighted by molar-refractivity contribution is 5.81. The summed E-state index contributed by atoms with van der Waals surface area (Å²) in [6.07, 6.45) is 1.26. The topological polar surface area (TPSA) is 55.6 Å². The number of carbonyl (C=O) groups excluding carboxylic acids is 1. The molecule has 3 atom stereocenters. The molecule has 0 unspecified atom stereocenters. The van der Waals surface area contributed by atoms with Crippen molar-refractivity contribution < 1.29 is 9.53 Å². The molecule has 0 radical (unpaired) electrons. The van der Waals surface area contributed by atoms with E-state index in [4.69, 9.17) is 10.5 Å². The van der Waals surface area contributed by atoms with Crippen LogP contribution >= 0.6 is 0 Å². The van der Waals surface area contributed by atoms with Crippen LogP contribution < -0.4 is 10.5 Å². The lowest BCUT2D eigenvalue weighted by atomic mass is 9.98. The summed E-state index contributed by atoms with van der Waals surface area (Å²) in [5.41, 5.74) is 7.18. The Labute approximate surface area is 133 Å². The quantitative estimate of drug-likeness (QED) is 0.930. The Morgan fingerprint density at radius 2 is 2.09 bits per heavy atom. The second-order valence-electron chi connectivity index (χ2n) is 6.65. The Bertz CT molecular complexity index is 516. The molecule has 0 aromatic heterocycles. The number of nitrogens with zero attached hydrogens (tertiary/aromatic N) is 1.